The van der Waals surface area contributed by atoms with Gasteiger partial charge in [-0.3, -0.25) is 19.3 Å². The van der Waals surface area contributed by atoms with E-state index in [9.17, 15) is 14.4 Å². The first-order valence-corrected chi connectivity index (χ1v) is 19.9. The van der Waals surface area contributed by atoms with E-state index in [4.69, 9.17) is 9.47 Å². The van der Waals surface area contributed by atoms with Crippen molar-refractivity contribution in [2.24, 2.45) is 0 Å². The summed E-state index contributed by atoms with van der Waals surface area (Å²) in [4.78, 5) is 57.4. The minimum absolute atomic E-state index is 0.0135. The third kappa shape index (κ3) is 11.3. The number of benzene rings is 3. The average Bonchev–Trinajstić information content (AvgIpc) is 3.22. The SMILES string of the molecule is CCN(CC)CCN(C)C(=O)c1ccc(Nc2ncc(C(=O)Nc3c(C)cccc3C)c(Oc3ccc(CCC(=O)N4CCN(C(C)C)CC4)cc3OC)n2)cc1. The molecule has 1 aliphatic rings. The van der Waals surface area contributed by atoms with E-state index in [1.165, 1.54) is 6.20 Å². The molecule has 0 bridgehead atoms. The second kappa shape index (κ2) is 20.1. The number of piperazine rings is 1. The van der Waals surface area contributed by atoms with Crippen LogP contribution >= 0.6 is 0 Å². The van der Waals surface area contributed by atoms with Gasteiger partial charge in [-0.25, -0.2) is 4.98 Å². The Morgan fingerprint density at radius 2 is 1.58 bits per heavy atom. The van der Waals surface area contributed by atoms with Gasteiger partial charge in [-0.1, -0.05) is 38.1 Å². The molecule has 3 amide bonds. The molecule has 0 saturated carbocycles. The summed E-state index contributed by atoms with van der Waals surface area (Å²) < 4.78 is 12.1. The van der Waals surface area contributed by atoms with Crippen LogP contribution in [0.25, 0.3) is 0 Å². The maximum absolute atomic E-state index is 13.8. The van der Waals surface area contributed by atoms with Gasteiger partial charge < -0.3 is 34.8 Å². The van der Waals surface area contributed by atoms with Gasteiger partial charge in [-0.15, -0.1) is 0 Å². The predicted molar refractivity (Wildman–Crippen MR) is 225 cm³/mol. The van der Waals surface area contributed by atoms with Gasteiger partial charge in [0, 0.05) is 81.9 Å². The van der Waals surface area contributed by atoms with Gasteiger partial charge in [-0.05, 0) is 100 Å². The second-order valence-electron chi connectivity index (χ2n) is 14.7. The minimum Gasteiger partial charge on any atom is -0.493 e. The Kier molecular flexibility index (Phi) is 15.0. The van der Waals surface area contributed by atoms with Gasteiger partial charge in [0.2, 0.25) is 17.7 Å². The fraction of sp³-hybridized carbons (Fsp3) is 0.432. The number of amides is 3. The summed E-state index contributed by atoms with van der Waals surface area (Å²) in [6, 6.07) is 18.9. The van der Waals surface area contributed by atoms with E-state index in [0.717, 1.165) is 62.5 Å². The molecule has 0 radical (unpaired) electrons. The average molecular weight is 779 g/mol. The summed E-state index contributed by atoms with van der Waals surface area (Å²) in [5, 5.41) is 6.19. The molecule has 2 N–H and O–H groups in total. The monoisotopic (exact) mass is 778 g/mol. The van der Waals surface area contributed by atoms with Crippen LogP contribution in [0.5, 0.6) is 17.4 Å². The van der Waals surface area contributed by atoms with Crippen LogP contribution in [-0.2, 0) is 11.2 Å². The Bertz CT molecular complexity index is 1970. The lowest BCUT2D eigenvalue weighted by atomic mass is 10.1. The highest BCUT2D eigenvalue weighted by Gasteiger charge is 2.24. The van der Waals surface area contributed by atoms with Crippen LogP contribution in [0.15, 0.2) is 66.9 Å². The summed E-state index contributed by atoms with van der Waals surface area (Å²) in [6.07, 6.45) is 2.35. The van der Waals surface area contributed by atoms with Gasteiger partial charge in [0.25, 0.3) is 11.8 Å². The van der Waals surface area contributed by atoms with Gasteiger partial charge in [-0.2, -0.15) is 4.98 Å². The van der Waals surface area contributed by atoms with Crippen LogP contribution in [0.2, 0.25) is 0 Å². The zero-order valence-corrected chi connectivity index (χ0v) is 34.7. The van der Waals surface area contributed by atoms with Crippen LogP contribution < -0.4 is 20.1 Å². The number of likely N-dealkylation sites (N-methyl/N-ethyl adjacent to an activating group) is 2. The maximum Gasteiger partial charge on any atom is 0.262 e. The van der Waals surface area contributed by atoms with Crippen LogP contribution in [0.4, 0.5) is 17.3 Å². The van der Waals surface area contributed by atoms with E-state index in [0.29, 0.717) is 53.9 Å². The number of para-hydroxylation sites is 1. The number of nitrogens with one attached hydrogen (secondary N) is 2. The van der Waals surface area contributed by atoms with Gasteiger partial charge >= 0.3 is 0 Å². The van der Waals surface area contributed by atoms with E-state index < -0.39 is 5.91 Å². The molecule has 0 atom stereocenters. The molecule has 1 aromatic heterocycles. The number of carbonyl (C=O) groups is 3. The topological polar surface area (TPSA) is 132 Å². The number of hydrogen-bond acceptors (Lipinski definition) is 10. The molecule has 0 aliphatic carbocycles. The van der Waals surface area contributed by atoms with Crippen molar-refractivity contribution < 1.29 is 23.9 Å². The molecule has 0 spiro atoms. The molecule has 3 aromatic carbocycles. The zero-order valence-electron chi connectivity index (χ0n) is 34.7. The smallest absolute Gasteiger partial charge is 0.262 e. The molecule has 2 heterocycles. The number of hydrogen-bond donors (Lipinski definition) is 2. The third-order valence-electron chi connectivity index (χ3n) is 10.6. The third-order valence-corrected chi connectivity index (χ3v) is 10.6. The fourth-order valence-corrected chi connectivity index (χ4v) is 6.78. The molecule has 1 aliphatic heterocycles. The lowest BCUT2D eigenvalue weighted by Crippen LogP contribution is -2.50. The number of aryl methyl sites for hydroxylation is 3. The van der Waals surface area contributed by atoms with E-state index >= 15 is 0 Å². The number of anilines is 3. The first kappa shape index (κ1) is 42.6. The Balaban J connectivity index is 1.33. The number of rotatable bonds is 17. The predicted octanol–water partition coefficient (Wildman–Crippen LogP) is 6.79. The normalized spacial score (nSPS) is 13.1. The molecular formula is C44H58N8O5. The highest BCUT2D eigenvalue weighted by Crippen LogP contribution is 2.34. The first-order chi connectivity index (χ1) is 27.4. The van der Waals surface area contributed by atoms with Crippen molar-refractivity contribution in [1.29, 1.82) is 0 Å². The van der Waals surface area contributed by atoms with Crippen molar-refractivity contribution in [3.05, 3.63) is 94.7 Å². The number of methoxy groups -OCH3 is 1. The van der Waals surface area contributed by atoms with Gasteiger partial charge in [0.15, 0.2) is 11.5 Å². The minimum atomic E-state index is -0.440. The lowest BCUT2D eigenvalue weighted by molar-refractivity contribution is -0.133. The van der Waals surface area contributed by atoms with Gasteiger partial charge in [0.1, 0.15) is 5.56 Å². The van der Waals surface area contributed by atoms with Crippen molar-refractivity contribution in [3.8, 4) is 17.4 Å². The number of aromatic nitrogens is 2. The molecule has 5 rings (SSSR count). The maximum atomic E-state index is 13.8. The number of nitrogens with zero attached hydrogens (tertiary/aromatic N) is 6. The summed E-state index contributed by atoms with van der Waals surface area (Å²) in [7, 11) is 3.36. The zero-order chi connectivity index (χ0) is 41.1. The molecule has 57 heavy (non-hydrogen) atoms. The first-order valence-electron chi connectivity index (χ1n) is 19.9. The fourth-order valence-electron chi connectivity index (χ4n) is 6.78. The van der Waals surface area contributed by atoms with E-state index in [1.807, 2.05) is 56.1 Å². The molecule has 1 fully saturated rings. The van der Waals surface area contributed by atoms with Crippen LogP contribution in [-0.4, -0.2) is 120 Å². The summed E-state index contributed by atoms with van der Waals surface area (Å²) in [5.74, 6) is 0.611. The van der Waals surface area contributed by atoms with E-state index in [1.54, 1.807) is 42.3 Å². The molecule has 0 unspecified atom stereocenters. The van der Waals surface area contributed by atoms with Crippen molar-refractivity contribution in [2.45, 2.75) is 60.4 Å². The quantitative estimate of drug-likeness (QED) is 0.118. The highest BCUT2D eigenvalue weighted by atomic mass is 16.5. The highest BCUT2D eigenvalue weighted by molar-refractivity contribution is 6.06. The van der Waals surface area contributed by atoms with Crippen LogP contribution in [0, 0.1) is 13.8 Å². The Labute approximate surface area is 337 Å². The molecule has 1 saturated heterocycles. The molecule has 304 valence electrons. The van der Waals surface area contributed by atoms with Crippen molar-refractivity contribution in [1.82, 2.24) is 29.6 Å². The van der Waals surface area contributed by atoms with E-state index in [2.05, 4.69) is 58.1 Å². The standard InChI is InChI=1S/C44H58N8O5/c1-9-50(10-2)23-22-49(7)43(55)34-16-18-35(19-17-34)46-44-45-29-36(41(54)47-40-31(5)12-11-13-32(40)6)42(48-44)57-37-20-14-33(28-38(37)56-8)15-21-39(53)52-26-24-51(25-27-52)30(3)4/h11-14,16-20,28-30H,9-10,15,21-27H2,1-8H3,(H,47,54)(H,45,46,48). The van der Waals surface area contributed by atoms with Crippen molar-refractivity contribution >= 4 is 35.0 Å². The second-order valence-corrected chi connectivity index (χ2v) is 14.7. The molecule has 13 nitrogen and oxygen atoms in total. The number of carbonyl (C=O) groups excluding carboxylic acids is 3. The summed E-state index contributed by atoms with van der Waals surface area (Å²) >= 11 is 0. The van der Waals surface area contributed by atoms with Crippen LogP contribution in [0.3, 0.4) is 0 Å². The molecule has 4 aromatic rings. The van der Waals surface area contributed by atoms with Crippen molar-refractivity contribution in [3.63, 3.8) is 0 Å². The lowest BCUT2D eigenvalue weighted by Gasteiger charge is -2.37. The Morgan fingerprint density at radius 3 is 2.21 bits per heavy atom. The van der Waals surface area contributed by atoms with Crippen LogP contribution in [0.1, 0.15) is 71.5 Å². The van der Waals surface area contributed by atoms with Gasteiger partial charge in [0.05, 0.1) is 7.11 Å². The Morgan fingerprint density at radius 1 is 0.895 bits per heavy atom. The Hall–Kier alpha value is -5.53. The largest absolute Gasteiger partial charge is 0.493 e. The summed E-state index contributed by atoms with van der Waals surface area (Å²) in [5.41, 5.74) is 4.77. The summed E-state index contributed by atoms with van der Waals surface area (Å²) in [6.45, 7) is 19.0. The van der Waals surface area contributed by atoms with E-state index in [-0.39, 0.29) is 29.2 Å². The molecule has 13 heteroatoms. The van der Waals surface area contributed by atoms with Crippen molar-refractivity contribution in [2.75, 3.05) is 77.1 Å². The molecular weight excluding hydrogens is 721 g/mol. The number of ether oxygens (including phenoxy) is 2.